The number of fused-ring (bicyclic) bond motifs is 1. The van der Waals surface area contributed by atoms with Gasteiger partial charge in [0.1, 0.15) is 11.0 Å². The standard InChI is InChI=1S/C12H10N4O/c17-12-11-10(14-7-15-12)9(6-13-11)16-8-4-2-1-3-5-8/h1-7,13,16H,(H,14,15,17). The first-order valence-electron chi connectivity index (χ1n) is 5.21. The van der Waals surface area contributed by atoms with E-state index in [1.807, 2.05) is 30.3 Å². The number of anilines is 2. The van der Waals surface area contributed by atoms with Crippen LogP contribution in [0.1, 0.15) is 0 Å². The number of aromatic nitrogens is 3. The number of rotatable bonds is 2. The molecule has 1 aromatic carbocycles. The minimum absolute atomic E-state index is 0.170. The van der Waals surface area contributed by atoms with Crippen molar-refractivity contribution < 1.29 is 0 Å². The van der Waals surface area contributed by atoms with Gasteiger partial charge in [-0.1, -0.05) is 18.2 Å². The smallest absolute Gasteiger partial charge is 0.275 e. The van der Waals surface area contributed by atoms with Crippen molar-refractivity contribution in [2.24, 2.45) is 0 Å². The highest BCUT2D eigenvalue weighted by atomic mass is 16.1. The Kier molecular flexibility index (Phi) is 2.15. The highest BCUT2D eigenvalue weighted by Gasteiger charge is 2.07. The molecule has 0 bridgehead atoms. The van der Waals surface area contributed by atoms with Gasteiger partial charge in [0.2, 0.25) is 0 Å². The summed E-state index contributed by atoms with van der Waals surface area (Å²) >= 11 is 0. The summed E-state index contributed by atoms with van der Waals surface area (Å²) in [5.41, 5.74) is 2.69. The Hall–Kier alpha value is -2.56. The summed E-state index contributed by atoms with van der Waals surface area (Å²) in [5, 5.41) is 3.21. The summed E-state index contributed by atoms with van der Waals surface area (Å²) in [6.45, 7) is 0. The first-order chi connectivity index (χ1) is 8.34. The number of nitrogens with zero attached hydrogens (tertiary/aromatic N) is 1. The van der Waals surface area contributed by atoms with Crippen LogP contribution in [-0.2, 0) is 0 Å². The summed E-state index contributed by atoms with van der Waals surface area (Å²) in [4.78, 5) is 21.1. The lowest BCUT2D eigenvalue weighted by Gasteiger charge is -2.02. The third kappa shape index (κ3) is 1.67. The number of aromatic amines is 2. The van der Waals surface area contributed by atoms with E-state index in [9.17, 15) is 4.79 Å². The number of para-hydroxylation sites is 1. The lowest BCUT2D eigenvalue weighted by atomic mass is 10.3. The van der Waals surface area contributed by atoms with Crippen LogP contribution >= 0.6 is 0 Å². The Morgan fingerprint density at radius 1 is 1.12 bits per heavy atom. The van der Waals surface area contributed by atoms with Gasteiger partial charge in [0.05, 0.1) is 12.0 Å². The fourth-order valence-electron chi connectivity index (χ4n) is 1.72. The molecule has 0 saturated carbocycles. The van der Waals surface area contributed by atoms with Crippen LogP contribution in [0.25, 0.3) is 11.0 Å². The van der Waals surface area contributed by atoms with Crippen molar-refractivity contribution in [3.8, 4) is 0 Å². The van der Waals surface area contributed by atoms with E-state index in [0.29, 0.717) is 11.0 Å². The van der Waals surface area contributed by atoms with Gasteiger partial charge in [-0.25, -0.2) is 4.98 Å². The Morgan fingerprint density at radius 2 is 1.94 bits per heavy atom. The van der Waals surface area contributed by atoms with Gasteiger partial charge in [0.15, 0.2) is 0 Å². The minimum atomic E-state index is -0.170. The number of hydrogen-bond acceptors (Lipinski definition) is 3. The molecule has 0 radical (unpaired) electrons. The van der Waals surface area contributed by atoms with Gasteiger partial charge in [0, 0.05) is 11.9 Å². The van der Waals surface area contributed by atoms with E-state index in [1.165, 1.54) is 6.33 Å². The highest BCUT2D eigenvalue weighted by Crippen LogP contribution is 2.21. The molecule has 5 nitrogen and oxygen atoms in total. The third-order valence-electron chi connectivity index (χ3n) is 2.52. The van der Waals surface area contributed by atoms with Crippen molar-refractivity contribution in [1.82, 2.24) is 15.0 Å². The van der Waals surface area contributed by atoms with E-state index in [0.717, 1.165) is 11.4 Å². The van der Waals surface area contributed by atoms with Crippen LogP contribution in [0, 0.1) is 0 Å². The molecule has 17 heavy (non-hydrogen) atoms. The molecule has 3 rings (SSSR count). The van der Waals surface area contributed by atoms with Gasteiger partial charge >= 0.3 is 0 Å². The second kappa shape index (κ2) is 3.79. The Morgan fingerprint density at radius 3 is 2.76 bits per heavy atom. The summed E-state index contributed by atoms with van der Waals surface area (Å²) in [6, 6.07) is 9.73. The van der Waals surface area contributed by atoms with Gasteiger partial charge in [-0.15, -0.1) is 0 Å². The molecule has 0 atom stereocenters. The van der Waals surface area contributed by atoms with Crippen molar-refractivity contribution in [3.05, 3.63) is 53.2 Å². The molecule has 0 aliphatic rings. The molecule has 2 heterocycles. The quantitative estimate of drug-likeness (QED) is 0.625. The molecular weight excluding hydrogens is 216 g/mol. The van der Waals surface area contributed by atoms with Crippen LogP contribution < -0.4 is 10.9 Å². The van der Waals surface area contributed by atoms with E-state index in [-0.39, 0.29) is 5.56 Å². The van der Waals surface area contributed by atoms with Crippen LogP contribution in [0.15, 0.2) is 47.7 Å². The lowest BCUT2D eigenvalue weighted by Crippen LogP contribution is -2.05. The lowest BCUT2D eigenvalue weighted by molar-refractivity contribution is 1.16. The molecule has 0 saturated heterocycles. The molecule has 0 amide bonds. The maximum absolute atomic E-state index is 11.5. The van der Waals surface area contributed by atoms with Crippen LogP contribution in [0.2, 0.25) is 0 Å². The van der Waals surface area contributed by atoms with E-state index >= 15 is 0 Å². The van der Waals surface area contributed by atoms with Crippen molar-refractivity contribution in [2.75, 3.05) is 5.32 Å². The monoisotopic (exact) mass is 226 g/mol. The zero-order valence-electron chi connectivity index (χ0n) is 8.90. The van der Waals surface area contributed by atoms with Crippen LogP contribution in [0.4, 0.5) is 11.4 Å². The van der Waals surface area contributed by atoms with Crippen molar-refractivity contribution >= 4 is 22.4 Å². The normalized spacial score (nSPS) is 10.6. The predicted molar refractivity (Wildman–Crippen MR) is 66.4 cm³/mol. The molecule has 0 fully saturated rings. The van der Waals surface area contributed by atoms with Gasteiger partial charge in [-0.2, -0.15) is 0 Å². The number of H-pyrrole nitrogens is 2. The van der Waals surface area contributed by atoms with Gasteiger partial charge in [-0.05, 0) is 12.1 Å². The van der Waals surface area contributed by atoms with Crippen LogP contribution in [-0.4, -0.2) is 15.0 Å². The van der Waals surface area contributed by atoms with E-state index in [2.05, 4.69) is 20.3 Å². The Labute approximate surface area is 96.5 Å². The first kappa shape index (κ1) is 9.65. The zero-order chi connectivity index (χ0) is 11.7. The molecule has 0 unspecified atom stereocenters. The first-order valence-corrected chi connectivity index (χ1v) is 5.21. The molecular formula is C12H10N4O. The summed E-state index contributed by atoms with van der Waals surface area (Å²) in [5.74, 6) is 0. The third-order valence-corrected chi connectivity index (χ3v) is 2.52. The molecule has 0 aliphatic heterocycles. The molecule has 0 spiro atoms. The molecule has 2 aromatic heterocycles. The second-order valence-electron chi connectivity index (χ2n) is 3.65. The predicted octanol–water partition coefficient (Wildman–Crippen LogP) is 1.99. The maximum Gasteiger partial charge on any atom is 0.275 e. The molecule has 3 aromatic rings. The highest BCUT2D eigenvalue weighted by molar-refractivity contribution is 5.89. The topological polar surface area (TPSA) is 73.6 Å². The van der Waals surface area contributed by atoms with Gasteiger partial charge in [-0.3, -0.25) is 4.79 Å². The summed E-state index contributed by atoms with van der Waals surface area (Å²) in [7, 11) is 0. The molecule has 3 N–H and O–H groups in total. The SMILES string of the molecule is O=c1[nH]cnc2c(Nc3ccccc3)c[nH]c12. The number of nitrogens with one attached hydrogen (secondary N) is 3. The fourth-order valence-corrected chi connectivity index (χ4v) is 1.72. The average molecular weight is 226 g/mol. The number of hydrogen-bond donors (Lipinski definition) is 3. The Bertz CT molecular complexity index is 699. The molecule has 5 heteroatoms. The van der Waals surface area contributed by atoms with Crippen molar-refractivity contribution in [3.63, 3.8) is 0 Å². The summed E-state index contributed by atoms with van der Waals surface area (Å²) in [6.07, 6.45) is 3.13. The van der Waals surface area contributed by atoms with Crippen LogP contribution in [0.3, 0.4) is 0 Å². The van der Waals surface area contributed by atoms with E-state index in [4.69, 9.17) is 0 Å². The number of benzene rings is 1. The molecule has 84 valence electrons. The van der Waals surface area contributed by atoms with E-state index < -0.39 is 0 Å². The van der Waals surface area contributed by atoms with Gasteiger partial charge < -0.3 is 15.3 Å². The Balaban J connectivity index is 2.08. The second-order valence-corrected chi connectivity index (χ2v) is 3.65. The van der Waals surface area contributed by atoms with Gasteiger partial charge in [0.25, 0.3) is 5.56 Å². The maximum atomic E-state index is 11.5. The van der Waals surface area contributed by atoms with Crippen molar-refractivity contribution in [2.45, 2.75) is 0 Å². The van der Waals surface area contributed by atoms with E-state index in [1.54, 1.807) is 6.20 Å². The van der Waals surface area contributed by atoms with Crippen LogP contribution in [0.5, 0.6) is 0 Å². The average Bonchev–Trinajstić information content (AvgIpc) is 2.76. The molecule has 0 aliphatic carbocycles. The fraction of sp³-hybridized carbons (Fsp3) is 0. The summed E-state index contributed by atoms with van der Waals surface area (Å²) < 4.78 is 0. The van der Waals surface area contributed by atoms with Crippen molar-refractivity contribution in [1.29, 1.82) is 0 Å². The zero-order valence-corrected chi connectivity index (χ0v) is 8.90. The largest absolute Gasteiger partial charge is 0.353 e. The minimum Gasteiger partial charge on any atom is -0.353 e.